The van der Waals surface area contributed by atoms with Crippen molar-refractivity contribution in [3.05, 3.63) is 76.8 Å². The highest BCUT2D eigenvalue weighted by molar-refractivity contribution is 8.01. The van der Waals surface area contributed by atoms with Gasteiger partial charge in [0.15, 0.2) is 15.8 Å². The fourth-order valence-electron chi connectivity index (χ4n) is 4.94. The van der Waals surface area contributed by atoms with Crippen LogP contribution in [-0.4, -0.2) is 64.9 Å². The van der Waals surface area contributed by atoms with Crippen molar-refractivity contribution >= 4 is 28.7 Å². The van der Waals surface area contributed by atoms with Crippen molar-refractivity contribution in [2.45, 2.75) is 49.9 Å². The van der Waals surface area contributed by atoms with Gasteiger partial charge in [-0.25, -0.2) is 9.50 Å². The highest BCUT2D eigenvalue weighted by atomic mass is 32.2. The monoisotopic (exact) mass is 544 g/mol. The summed E-state index contributed by atoms with van der Waals surface area (Å²) in [6.45, 7) is 6.55. The van der Waals surface area contributed by atoms with Gasteiger partial charge in [0.2, 0.25) is 0 Å². The van der Waals surface area contributed by atoms with Crippen LogP contribution in [0.2, 0.25) is 0 Å². The summed E-state index contributed by atoms with van der Waals surface area (Å²) in [6, 6.07) is 15.1. The maximum Gasteiger partial charge on any atom is 0.174 e. The van der Waals surface area contributed by atoms with Crippen molar-refractivity contribution in [3.8, 4) is 11.3 Å². The molecule has 1 fully saturated rings. The number of hydrogen-bond acceptors (Lipinski definition) is 8. The highest BCUT2D eigenvalue weighted by Gasteiger charge is 2.13. The second-order valence-electron chi connectivity index (χ2n) is 9.78. The third-order valence-electron chi connectivity index (χ3n) is 6.91. The van der Waals surface area contributed by atoms with Gasteiger partial charge in [-0.1, -0.05) is 53.4 Å². The van der Waals surface area contributed by atoms with Crippen LogP contribution < -0.4 is 0 Å². The SMILES string of the molecule is Cc1nnc(SCCn2cc(-c3cccc4nc(Cc5ccc(CCCN6CCCC6)cc5)nn34)cn2)s1. The van der Waals surface area contributed by atoms with Crippen LogP contribution in [0, 0.1) is 6.92 Å². The molecule has 10 heteroatoms. The van der Waals surface area contributed by atoms with Crippen LogP contribution in [0.5, 0.6) is 0 Å². The van der Waals surface area contributed by atoms with E-state index in [0.717, 1.165) is 57.2 Å². The third-order valence-corrected chi connectivity index (χ3v) is 8.86. The van der Waals surface area contributed by atoms with E-state index in [2.05, 4.69) is 56.7 Å². The van der Waals surface area contributed by atoms with Gasteiger partial charge in [-0.3, -0.25) is 4.68 Å². The smallest absolute Gasteiger partial charge is 0.174 e. The standard InChI is InChI=1S/C28H32N8S2/c1-21-31-32-28(38-21)37-17-16-35-20-24(19-29-35)25-7-4-8-27-30-26(33-36(25)27)18-23-11-9-22(10-12-23)6-5-15-34-13-2-3-14-34/h4,7-12,19-20H,2-3,5-6,13-18H2,1H3. The zero-order valence-electron chi connectivity index (χ0n) is 21.7. The van der Waals surface area contributed by atoms with Gasteiger partial charge in [-0.2, -0.15) is 10.2 Å². The maximum absolute atomic E-state index is 4.86. The van der Waals surface area contributed by atoms with Crippen LogP contribution in [0.4, 0.5) is 0 Å². The number of rotatable bonds is 11. The molecule has 0 amide bonds. The van der Waals surface area contributed by atoms with Gasteiger partial charge in [-0.05, 0) is 75.5 Å². The number of benzene rings is 1. The molecule has 0 saturated carbocycles. The first kappa shape index (κ1) is 25.2. The van der Waals surface area contributed by atoms with Crippen molar-refractivity contribution in [3.63, 3.8) is 0 Å². The van der Waals surface area contributed by atoms with Gasteiger partial charge in [0.05, 0.1) is 18.4 Å². The molecule has 0 aliphatic carbocycles. The van der Waals surface area contributed by atoms with Crippen LogP contribution in [0.25, 0.3) is 16.9 Å². The summed E-state index contributed by atoms with van der Waals surface area (Å²) < 4.78 is 4.91. The Kier molecular flexibility index (Phi) is 7.80. The third kappa shape index (κ3) is 6.14. The van der Waals surface area contributed by atoms with E-state index in [1.807, 2.05) is 34.5 Å². The fourth-order valence-corrected chi connectivity index (χ4v) is 6.76. The Morgan fingerprint density at radius 3 is 2.63 bits per heavy atom. The number of aromatic nitrogens is 7. The molecular weight excluding hydrogens is 512 g/mol. The van der Waals surface area contributed by atoms with Crippen molar-refractivity contribution in [1.82, 2.24) is 39.5 Å². The van der Waals surface area contributed by atoms with E-state index < -0.39 is 0 Å². The first-order chi connectivity index (χ1) is 18.7. The number of nitrogens with zero attached hydrogens (tertiary/aromatic N) is 8. The second kappa shape index (κ2) is 11.8. The second-order valence-corrected chi connectivity index (χ2v) is 12.3. The van der Waals surface area contributed by atoms with Crippen molar-refractivity contribution in [2.75, 3.05) is 25.4 Å². The van der Waals surface area contributed by atoms with Crippen molar-refractivity contribution in [1.29, 1.82) is 0 Å². The summed E-state index contributed by atoms with van der Waals surface area (Å²) >= 11 is 3.34. The molecule has 5 aromatic rings. The molecule has 1 aliphatic rings. The lowest BCUT2D eigenvalue weighted by atomic mass is 10.1. The first-order valence-corrected chi connectivity index (χ1v) is 15.1. The fraction of sp³-hybridized carbons (Fsp3) is 0.393. The van der Waals surface area contributed by atoms with Gasteiger partial charge in [0, 0.05) is 23.9 Å². The van der Waals surface area contributed by atoms with E-state index in [1.165, 1.54) is 50.0 Å². The lowest BCUT2D eigenvalue weighted by Crippen LogP contribution is -2.20. The van der Waals surface area contributed by atoms with Crippen molar-refractivity contribution < 1.29 is 0 Å². The van der Waals surface area contributed by atoms with Gasteiger partial charge in [-0.15, -0.1) is 10.2 Å². The minimum Gasteiger partial charge on any atom is -0.303 e. The average Bonchev–Trinajstić information content (AvgIpc) is 3.73. The summed E-state index contributed by atoms with van der Waals surface area (Å²) in [5.41, 5.74) is 5.52. The quantitative estimate of drug-likeness (QED) is 0.213. The maximum atomic E-state index is 4.86. The molecule has 38 heavy (non-hydrogen) atoms. The molecule has 6 rings (SSSR count). The van der Waals surface area contributed by atoms with Crippen LogP contribution in [0.1, 0.15) is 41.2 Å². The molecular formula is C28H32N8S2. The van der Waals surface area contributed by atoms with E-state index >= 15 is 0 Å². The van der Waals surface area contributed by atoms with Crippen LogP contribution in [0.3, 0.4) is 0 Å². The van der Waals surface area contributed by atoms with E-state index in [4.69, 9.17) is 10.1 Å². The van der Waals surface area contributed by atoms with E-state index in [1.54, 1.807) is 23.1 Å². The molecule has 0 unspecified atom stereocenters. The largest absolute Gasteiger partial charge is 0.303 e. The molecule has 0 spiro atoms. The summed E-state index contributed by atoms with van der Waals surface area (Å²) in [5.74, 6) is 1.72. The molecule has 1 aromatic carbocycles. The minimum atomic E-state index is 0.719. The molecule has 0 atom stereocenters. The molecule has 196 valence electrons. The number of aryl methyl sites for hydroxylation is 3. The van der Waals surface area contributed by atoms with Gasteiger partial charge < -0.3 is 4.90 Å². The van der Waals surface area contributed by atoms with Gasteiger partial charge >= 0.3 is 0 Å². The molecule has 4 aromatic heterocycles. The predicted octanol–water partition coefficient (Wildman–Crippen LogP) is 5.16. The van der Waals surface area contributed by atoms with Gasteiger partial charge in [0.1, 0.15) is 5.01 Å². The van der Waals surface area contributed by atoms with E-state index in [0.29, 0.717) is 0 Å². The highest BCUT2D eigenvalue weighted by Crippen LogP contribution is 2.23. The summed E-state index contributed by atoms with van der Waals surface area (Å²) in [5, 5.41) is 18.7. The molecule has 0 bridgehead atoms. The Balaban J connectivity index is 1.08. The Morgan fingerprint density at radius 1 is 0.974 bits per heavy atom. The lowest BCUT2D eigenvalue weighted by Gasteiger charge is -2.13. The number of thioether (sulfide) groups is 1. The Labute approximate surface area is 231 Å². The number of pyridine rings is 1. The summed E-state index contributed by atoms with van der Waals surface area (Å²) in [4.78, 5) is 7.39. The Bertz CT molecular complexity index is 1480. The summed E-state index contributed by atoms with van der Waals surface area (Å²) in [7, 11) is 0. The molecule has 5 heterocycles. The summed E-state index contributed by atoms with van der Waals surface area (Å²) in [6.07, 6.45) is 9.79. The zero-order valence-corrected chi connectivity index (χ0v) is 23.3. The van der Waals surface area contributed by atoms with Gasteiger partial charge in [0.25, 0.3) is 0 Å². The Morgan fingerprint density at radius 2 is 1.82 bits per heavy atom. The van der Waals surface area contributed by atoms with E-state index in [-0.39, 0.29) is 0 Å². The number of likely N-dealkylation sites (tertiary alicyclic amines) is 1. The molecule has 8 nitrogen and oxygen atoms in total. The molecule has 1 aliphatic heterocycles. The van der Waals surface area contributed by atoms with E-state index in [9.17, 15) is 0 Å². The normalized spacial score (nSPS) is 14.1. The molecule has 0 N–H and O–H groups in total. The van der Waals surface area contributed by atoms with Crippen LogP contribution in [-0.2, 0) is 19.4 Å². The van der Waals surface area contributed by atoms with Crippen LogP contribution >= 0.6 is 23.1 Å². The predicted molar refractivity (Wildman–Crippen MR) is 153 cm³/mol. The Hall–Kier alpha value is -3.08. The topological polar surface area (TPSA) is 77.0 Å². The zero-order chi connectivity index (χ0) is 25.7. The van der Waals surface area contributed by atoms with Crippen molar-refractivity contribution in [2.24, 2.45) is 0 Å². The number of fused-ring (bicyclic) bond motifs is 1. The minimum absolute atomic E-state index is 0.719. The first-order valence-electron chi connectivity index (χ1n) is 13.3. The molecule has 0 radical (unpaired) electrons. The lowest BCUT2D eigenvalue weighted by molar-refractivity contribution is 0.334. The van der Waals surface area contributed by atoms with Crippen LogP contribution in [0.15, 0.2) is 59.2 Å². The molecule has 1 saturated heterocycles. The average molecular weight is 545 g/mol. The number of hydrogen-bond donors (Lipinski definition) is 0.